The van der Waals surface area contributed by atoms with Crippen LogP contribution in [0.1, 0.15) is 44.7 Å². The Hall–Kier alpha value is -1.13. The van der Waals surface area contributed by atoms with E-state index >= 15 is 0 Å². The van der Waals surface area contributed by atoms with Crippen LogP contribution in [-0.2, 0) is 0 Å². The molecule has 116 valence electrons. The largest absolute Gasteiger partial charge is 0.485 e. The van der Waals surface area contributed by atoms with Crippen LogP contribution >= 0.6 is 0 Å². The lowest BCUT2D eigenvalue weighted by molar-refractivity contribution is 0.0403. The monoisotopic (exact) mass is 292 g/mol. The van der Waals surface area contributed by atoms with E-state index in [0.29, 0.717) is 6.04 Å². The summed E-state index contributed by atoms with van der Waals surface area (Å²) in [7, 11) is 2.15. The van der Waals surface area contributed by atoms with E-state index in [9.17, 15) is 4.39 Å². The van der Waals surface area contributed by atoms with Crippen LogP contribution in [0.25, 0.3) is 0 Å². The lowest BCUT2D eigenvalue weighted by atomic mass is 9.85. The van der Waals surface area contributed by atoms with Crippen molar-refractivity contribution >= 4 is 0 Å². The minimum atomic E-state index is -0.187. The number of fused-ring (bicyclic) bond motifs is 1. The first-order chi connectivity index (χ1) is 10.0. The third kappa shape index (κ3) is 2.79. The molecule has 2 aliphatic heterocycles. The molecule has 1 spiro atoms. The second-order valence-electron chi connectivity index (χ2n) is 6.65. The number of likely N-dealkylation sites (tertiary alicyclic amines) is 1. The van der Waals surface area contributed by atoms with E-state index in [4.69, 9.17) is 4.74 Å². The van der Waals surface area contributed by atoms with Crippen molar-refractivity contribution in [2.24, 2.45) is 0 Å². The van der Waals surface area contributed by atoms with Crippen LogP contribution < -0.4 is 10.1 Å². The van der Waals surface area contributed by atoms with Crippen LogP contribution in [0.4, 0.5) is 4.39 Å². The van der Waals surface area contributed by atoms with Gasteiger partial charge in [0.25, 0.3) is 0 Å². The number of rotatable bonds is 3. The van der Waals surface area contributed by atoms with E-state index in [1.54, 1.807) is 12.1 Å². The molecule has 3 rings (SSSR count). The Morgan fingerprint density at radius 3 is 2.90 bits per heavy atom. The van der Waals surface area contributed by atoms with Gasteiger partial charge >= 0.3 is 0 Å². The van der Waals surface area contributed by atoms with E-state index in [1.807, 2.05) is 0 Å². The van der Waals surface area contributed by atoms with Crippen molar-refractivity contribution in [2.75, 3.05) is 20.1 Å². The zero-order chi connectivity index (χ0) is 15.0. The Kier molecular flexibility index (Phi) is 3.93. The number of halogens is 1. The Labute approximate surface area is 126 Å². The first-order valence-corrected chi connectivity index (χ1v) is 7.95. The SMILES string of the molecule is CCCNC1CC2(CC(C)N(C)C2)Oc2ccc(F)cc21. The fourth-order valence-electron chi connectivity index (χ4n) is 3.73. The molecule has 21 heavy (non-hydrogen) atoms. The van der Waals surface area contributed by atoms with Gasteiger partial charge in [0.15, 0.2) is 0 Å². The van der Waals surface area contributed by atoms with E-state index in [2.05, 4.69) is 31.1 Å². The van der Waals surface area contributed by atoms with Crippen molar-refractivity contribution < 1.29 is 9.13 Å². The fourth-order valence-corrected chi connectivity index (χ4v) is 3.73. The predicted molar refractivity (Wildman–Crippen MR) is 82.1 cm³/mol. The highest BCUT2D eigenvalue weighted by molar-refractivity contribution is 5.40. The summed E-state index contributed by atoms with van der Waals surface area (Å²) in [6, 6.07) is 5.62. The Morgan fingerprint density at radius 1 is 1.43 bits per heavy atom. The van der Waals surface area contributed by atoms with Gasteiger partial charge in [0, 0.05) is 37.0 Å². The molecule has 1 aromatic rings. The molecule has 1 fully saturated rings. The number of hydrogen-bond acceptors (Lipinski definition) is 3. The minimum absolute atomic E-state index is 0.135. The Morgan fingerprint density at radius 2 is 2.24 bits per heavy atom. The van der Waals surface area contributed by atoms with Crippen LogP contribution in [-0.4, -0.2) is 36.7 Å². The Bertz CT molecular complexity index is 510. The molecule has 3 atom stereocenters. The highest BCUT2D eigenvalue weighted by atomic mass is 19.1. The lowest BCUT2D eigenvalue weighted by Crippen LogP contribution is -2.46. The molecular formula is C17H25FN2O. The minimum Gasteiger partial charge on any atom is -0.485 e. The topological polar surface area (TPSA) is 24.5 Å². The third-order valence-corrected chi connectivity index (χ3v) is 4.85. The summed E-state index contributed by atoms with van der Waals surface area (Å²) in [5, 5.41) is 3.57. The van der Waals surface area contributed by atoms with Crippen LogP contribution in [0.15, 0.2) is 18.2 Å². The summed E-state index contributed by atoms with van der Waals surface area (Å²) in [5.41, 5.74) is 0.834. The molecule has 0 aromatic heterocycles. The van der Waals surface area contributed by atoms with Gasteiger partial charge in [-0.2, -0.15) is 0 Å². The van der Waals surface area contributed by atoms with E-state index in [1.165, 1.54) is 6.07 Å². The number of nitrogens with zero attached hydrogens (tertiary/aromatic N) is 1. The summed E-state index contributed by atoms with van der Waals surface area (Å²) in [4.78, 5) is 2.35. The maximum Gasteiger partial charge on any atom is 0.125 e. The van der Waals surface area contributed by atoms with E-state index in [-0.39, 0.29) is 17.5 Å². The lowest BCUT2D eigenvalue weighted by Gasteiger charge is -2.40. The van der Waals surface area contributed by atoms with Crippen molar-refractivity contribution in [1.82, 2.24) is 10.2 Å². The quantitative estimate of drug-likeness (QED) is 0.926. The van der Waals surface area contributed by atoms with Crippen LogP contribution in [0, 0.1) is 5.82 Å². The van der Waals surface area contributed by atoms with E-state index in [0.717, 1.165) is 43.7 Å². The van der Waals surface area contributed by atoms with Crippen molar-refractivity contribution in [1.29, 1.82) is 0 Å². The summed E-state index contributed by atoms with van der Waals surface area (Å²) in [6.07, 6.45) is 3.02. The van der Waals surface area contributed by atoms with Crippen LogP contribution in [0.2, 0.25) is 0 Å². The summed E-state index contributed by atoms with van der Waals surface area (Å²) in [5.74, 6) is 0.659. The van der Waals surface area contributed by atoms with Gasteiger partial charge in [-0.1, -0.05) is 6.92 Å². The number of benzene rings is 1. The molecule has 0 saturated carbocycles. The summed E-state index contributed by atoms with van der Waals surface area (Å²) < 4.78 is 19.9. The molecule has 1 saturated heterocycles. The molecule has 1 aromatic carbocycles. The molecule has 0 aliphatic carbocycles. The van der Waals surface area contributed by atoms with Gasteiger partial charge in [0.2, 0.25) is 0 Å². The average molecular weight is 292 g/mol. The molecule has 2 heterocycles. The first kappa shape index (κ1) is 14.8. The fraction of sp³-hybridized carbons (Fsp3) is 0.647. The van der Waals surface area contributed by atoms with Gasteiger partial charge in [-0.05, 0) is 45.1 Å². The van der Waals surface area contributed by atoms with Crippen molar-refractivity contribution in [3.05, 3.63) is 29.6 Å². The molecule has 0 radical (unpaired) electrons. The molecule has 0 bridgehead atoms. The maximum absolute atomic E-state index is 13.6. The first-order valence-electron chi connectivity index (χ1n) is 7.95. The molecular weight excluding hydrogens is 267 g/mol. The molecule has 2 aliphatic rings. The average Bonchev–Trinajstić information content (AvgIpc) is 2.71. The number of nitrogens with one attached hydrogen (secondary N) is 1. The molecule has 3 nitrogen and oxygen atoms in total. The summed E-state index contributed by atoms with van der Waals surface area (Å²) in [6.45, 7) is 6.28. The molecule has 1 N–H and O–H groups in total. The van der Waals surface area contributed by atoms with Crippen molar-refractivity contribution in [3.63, 3.8) is 0 Å². The van der Waals surface area contributed by atoms with Crippen molar-refractivity contribution in [2.45, 2.75) is 50.8 Å². The zero-order valence-corrected chi connectivity index (χ0v) is 13.2. The van der Waals surface area contributed by atoms with Gasteiger partial charge in [-0.3, -0.25) is 4.90 Å². The van der Waals surface area contributed by atoms with Gasteiger partial charge in [0.05, 0.1) is 0 Å². The third-order valence-electron chi connectivity index (χ3n) is 4.85. The highest BCUT2D eigenvalue weighted by Gasteiger charge is 2.47. The summed E-state index contributed by atoms with van der Waals surface area (Å²) >= 11 is 0. The number of ether oxygens (including phenoxy) is 1. The van der Waals surface area contributed by atoms with Gasteiger partial charge < -0.3 is 10.1 Å². The van der Waals surface area contributed by atoms with Crippen molar-refractivity contribution in [3.8, 4) is 5.75 Å². The zero-order valence-electron chi connectivity index (χ0n) is 13.2. The van der Waals surface area contributed by atoms with Crippen LogP contribution in [0.5, 0.6) is 5.75 Å². The highest BCUT2D eigenvalue weighted by Crippen LogP contribution is 2.45. The van der Waals surface area contributed by atoms with Gasteiger partial charge in [-0.15, -0.1) is 0 Å². The van der Waals surface area contributed by atoms with Crippen LogP contribution in [0.3, 0.4) is 0 Å². The molecule has 3 unspecified atom stereocenters. The maximum atomic E-state index is 13.6. The second kappa shape index (κ2) is 5.58. The van der Waals surface area contributed by atoms with Gasteiger partial charge in [-0.25, -0.2) is 4.39 Å². The second-order valence-corrected chi connectivity index (χ2v) is 6.65. The van der Waals surface area contributed by atoms with Gasteiger partial charge in [0.1, 0.15) is 17.2 Å². The standard InChI is InChI=1S/C17H25FN2O/c1-4-7-19-15-10-17(9-12(2)20(3)11-17)21-16-6-5-13(18)8-14(15)16/h5-6,8,12,15,19H,4,7,9-11H2,1-3H3. The molecule has 4 heteroatoms. The Balaban J connectivity index is 1.91. The predicted octanol–water partition coefficient (Wildman–Crippen LogP) is 3.11. The number of likely N-dealkylation sites (N-methyl/N-ethyl adjacent to an activating group) is 1. The van der Waals surface area contributed by atoms with E-state index < -0.39 is 0 Å². The number of hydrogen-bond donors (Lipinski definition) is 1. The normalized spacial score (nSPS) is 32.2. The molecule has 0 amide bonds. The smallest absolute Gasteiger partial charge is 0.125 e.